The Balaban J connectivity index is 2.35. The van der Waals surface area contributed by atoms with Crippen molar-refractivity contribution in [3.63, 3.8) is 0 Å². The highest BCUT2D eigenvalue weighted by atomic mass is 19.4. The van der Waals surface area contributed by atoms with Gasteiger partial charge in [-0.3, -0.25) is 19.0 Å². The van der Waals surface area contributed by atoms with Crippen molar-refractivity contribution < 1.29 is 13.2 Å². The van der Waals surface area contributed by atoms with Crippen LogP contribution in [0.25, 0.3) is 16.9 Å². The third-order valence-corrected chi connectivity index (χ3v) is 3.90. The van der Waals surface area contributed by atoms with Crippen molar-refractivity contribution in [3.8, 4) is 16.9 Å². The van der Waals surface area contributed by atoms with E-state index in [1.54, 1.807) is 6.07 Å². The van der Waals surface area contributed by atoms with Gasteiger partial charge in [-0.25, -0.2) is 4.79 Å². The number of alkyl halides is 3. The molecule has 3 rings (SSSR count). The highest BCUT2D eigenvalue weighted by Gasteiger charge is 2.31. The zero-order valence-electron chi connectivity index (χ0n) is 13.3. The van der Waals surface area contributed by atoms with E-state index in [1.165, 1.54) is 32.3 Å². The lowest BCUT2D eigenvalue weighted by Gasteiger charge is -2.16. The van der Waals surface area contributed by atoms with Crippen LogP contribution in [0.1, 0.15) is 11.3 Å². The number of hydrogen-bond acceptors (Lipinski definition) is 3. The van der Waals surface area contributed by atoms with Gasteiger partial charge in [-0.1, -0.05) is 6.07 Å². The van der Waals surface area contributed by atoms with E-state index in [0.29, 0.717) is 5.69 Å². The van der Waals surface area contributed by atoms with Crippen LogP contribution in [0.5, 0.6) is 0 Å². The molecule has 130 valence electrons. The zero-order chi connectivity index (χ0) is 18.4. The summed E-state index contributed by atoms with van der Waals surface area (Å²) in [6, 6.07) is 5.93. The first-order valence-corrected chi connectivity index (χ1v) is 7.22. The minimum absolute atomic E-state index is 0.0219. The summed E-state index contributed by atoms with van der Waals surface area (Å²) < 4.78 is 40.9. The van der Waals surface area contributed by atoms with E-state index in [1.807, 2.05) is 0 Å². The molecule has 0 unspecified atom stereocenters. The fourth-order valence-corrected chi connectivity index (χ4v) is 2.65. The molecule has 1 aromatic carbocycles. The molecule has 0 fully saturated rings. The highest BCUT2D eigenvalue weighted by Crippen LogP contribution is 2.30. The van der Waals surface area contributed by atoms with Crippen molar-refractivity contribution in [2.24, 2.45) is 7.05 Å². The van der Waals surface area contributed by atoms with Gasteiger partial charge in [-0.05, 0) is 31.2 Å². The van der Waals surface area contributed by atoms with Crippen LogP contribution >= 0.6 is 0 Å². The number of benzene rings is 1. The van der Waals surface area contributed by atoms with Gasteiger partial charge in [-0.15, -0.1) is 0 Å². The normalized spacial score (nSPS) is 11.7. The summed E-state index contributed by atoms with van der Waals surface area (Å²) in [4.78, 5) is 25.0. The van der Waals surface area contributed by atoms with Crippen LogP contribution in [0.15, 0.2) is 46.1 Å². The maximum absolute atomic E-state index is 13.0. The smallest absolute Gasteiger partial charge is 0.278 e. The number of halogens is 3. The molecular weight excluding hydrogens is 337 g/mol. The number of rotatable bonds is 2. The predicted octanol–water partition coefficient (Wildman–Crippen LogP) is 2.25. The number of H-pyrrole nitrogens is 1. The van der Waals surface area contributed by atoms with Crippen LogP contribution in [0.4, 0.5) is 13.2 Å². The van der Waals surface area contributed by atoms with Crippen LogP contribution in [-0.4, -0.2) is 19.3 Å². The van der Waals surface area contributed by atoms with Crippen molar-refractivity contribution >= 4 is 0 Å². The number of hydrogen-bond donors (Lipinski definition) is 1. The summed E-state index contributed by atoms with van der Waals surface area (Å²) in [6.07, 6.45) is -3.10. The number of nitrogens with zero attached hydrogens (tertiary/aromatic N) is 3. The topological polar surface area (TPSA) is 72.7 Å². The minimum Gasteiger partial charge on any atom is -0.278 e. The van der Waals surface area contributed by atoms with Gasteiger partial charge < -0.3 is 0 Å². The molecule has 0 saturated carbocycles. The summed E-state index contributed by atoms with van der Waals surface area (Å²) in [6.45, 7) is 1.50. The van der Waals surface area contributed by atoms with Crippen molar-refractivity contribution in [1.82, 2.24) is 19.3 Å². The molecule has 25 heavy (non-hydrogen) atoms. The summed E-state index contributed by atoms with van der Waals surface area (Å²) in [7, 11) is 1.27. The number of nitrogens with one attached hydrogen (secondary N) is 1. The average Bonchev–Trinajstić information content (AvgIpc) is 3.07. The first kappa shape index (κ1) is 16.7. The predicted molar refractivity (Wildman–Crippen MR) is 84.6 cm³/mol. The second-order valence-electron chi connectivity index (χ2n) is 5.46. The minimum atomic E-state index is -4.54. The van der Waals surface area contributed by atoms with E-state index in [2.05, 4.69) is 10.2 Å². The Bertz CT molecular complexity index is 1050. The monoisotopic (exact) mass is 350 g/mol. The van der Waals surface area contributed by atoms with Gasteiger partial charge >= 0.3 is 11.9 Å². The van der Waals surface area contributed by atoms with Gasteiger partial charge in [0.05, 0.1) is 22.5 Å². The molecule has 0 saturated heterocycles. The molecule has 2 heterocycles. The third-order valence-electron chi connectivity index (χ3n) is 3.90. The van der Waals surface area contributed by atoms with E-state index < -0.39 is 23.0 Å². The summed E-state index contributed by atoms with van der Waals surface area (Å²) in [5.74, 6) is 0. The summed E-state index contributed by atoms with van der Waals surface area (Å²) in [5, 5.41) is 6.41. The van der Waals surface area contributed by atoms with Gasteiger partial charge in [0.1, 0.15) is 0 Å². The van der Waals surface area contributed by atoms with E-state index in [9.17, 15) is 22.8 Å². The van der Waals surface area contributed by atoms with Crippen LogP contribution < -0.4 is 11.2 Å². The van der Waals surface area contributed by atoms with Crippen molar-refractivity contribution in [2.75, 3.05) is 0 Å². The fraction of sp³-hybridized carbons (Fsp3) is 0.188. The molecule has 1 N–H and O–H groups in total. The molecule has 3 aromatic rings. The van der Waals surface area contributed by atoms with Crippen molar-refractivity contribution in [1.29, 1.82) is 0 Å². The average molecular weight is 350 g/mol. The molecule has 2 aromatic heterocycles. The Morgan fingerprint density at radius 1 is 1.16 bits per heavy atom. The molecule has 0 atom stereocenters. The SMILES string of the molecule is Cc1c(-c2ccn[nH]2)c(=O)n(C)c(=O)n1-c1cccc(C(F)(F)F)c1. The molecule has 0 aliphatic carbocycles. The molecule has 0 aliphatic heterocycles. The molecule has 6 nitrogen and oxygen atoms in total. The van der Waals surface area contributed by atoms with Gasteiger partial charge in [0.25, 0.3) is 5.56 Å². The Hall–Kier alpha value is -3.10. The Kier molecular flexibility index (Phi) is 3.86. The summed E-state index contributed by atoms with van der Waals surface area (Å²) >= 11 is 0. The Morgan fingerprint density at radius 2 is 1.88 bits per heavy atom. The molecule has 0 spiro atoms. The molecule has 9 heteroatoms. The molecular formula is C16H13F3N4O2. The van der Waals surface area contributed by atoms with Crippen LogP contribution in [-0.2, 0) is 13.2 Å². The van der Waals surface area contributed by atoms with Crippen LogP contribution in [0.2, 0.25) is 0 Å². The summed E-state index contributed by atoms with van der Waals surface area (Å²) in [5.41, 5.74) is -1.39. The third kappa shape index (κ3) is 2.77. The first-order chi connectivity index (χ1) is 11.7. The number of aromatic nitrogens is 4. The standard InChI is InChI=1S/C16H13F3N4O2/c1-9-13(12-6-7-20-21-12)14(24)22(2)15(25)23(9)11-5-3-4-10(8-11)16(17,18)19/h3-8H,1-2H3,(H,20,21). The van der Waals surface area contributed by atoms with Crippen LogP contribution in [0, 0.1) is 6.92 Å². The Labute approximate surface area is 139 Å². The second-order valence-corrected chi connectivity index (χ2v) is 5.46. The maximum Gasteiger partial charge on any atom is 0.416 e. The molecule has 0 bridgehead atoms. The Morgan fingerprint density at radius 3 is 2.48 bits per heavy atom. The van der Waals surface area contributed by atoms with Gasteiger partial charge in [0, 0.05) is 18.9 Å². The van der Waals surface area contributed by atoms with Crippen LogP contribution in [0.3, 0.4) is 0 Å². The molecule has 0 amide bonds. The van der Waals surface area contributed by atoms with Crippen molar-refractivity contribution in [2.45, 2.75) is 13.1 Å². The second kappa shape index (κ2) is 5.76. The first-order valence-electron chi connectivity index (χ1n) is 7.22. The largest absolute Gasteiger partial charge is 0.416 e. The van der Waals surface area contributed by atoms with E-state index >= 15 is 0 Å². The lowest BCUT2D eigenvalue weighted by atomic mass is 10.1. The van der Waals surface area contributed by atoms with Gasteiger partial charge in [0.2, 0.25) is 0 Å². The quantitative estimate of drug-likeness (QED) is 0.770. The van der Waals surface area contributed by atoms with E-state index in [0.717, 1.165) is 21.3 Å². The van der Waals surface area contributed by atoms with E-state index in [-0.39, 0.29) is 16.9 Å². The fourth-order valence-electron chi connectivity index (χ4n) is 2.65. The molecule has 0 radical (unpaired) electrons. The molecule has 0 aliphatic rings. The highest BCUT2D eigenvalue weighted by molar-refractivity contribution is 5.61. The van der Waals surface area contributed by atoms with Crippen molar-refractivity contribution in [3.05, 3.63) is 68.6 Å². The van der Waals surface area contributed by atoms with Gasteiger partial charge in [-0.2, -0.15) is 18.3 Å². The van der Waals surface area contributed by atoms with E-state index in [4.69, 9.17) is 0 Å². The lowest BCUT2D eigenvalue weighted by molar-refractivity contribution is -0.137. The zero-order valence-corrected chi connectivity index (χ0v) is 13.3. The number of aromatic amines is 1. The lowest BCUT2D eigenvalue weighted by Crippen LogP contribution is -2.39. The van der Waals surface area contributed by atoms with Gasteiger partial charge in [0.15, 0.2) is 0 Å². The maximum atomic E-state index is 13.0.